The average molecular weight is 238 g/mol. The van der Waals surface area contributed by atoms with Crippen molar-refractivity contribution in [1.82, 2.24) is 0 Å². The Morgan fingerprint density at radius 3 is 2.35 bits per heavy atom. The van der Waals surface area contributed by atoms with Gasteiger partial charge in [-0.25, -0.2) is 4.79 Å². The van der Waals surface area contributed by atoms with Gasteiger partial charge in [0, 0.05) is 17.7 Å². The molecule has 1 rings (SSSR count). The standard InChI is InChI=1S/C12H14O5/c1-15-9-6-8(4-5-11(13)14)12(17-3)10(7-9)16-2/h4-7H,1-3H3,(H,13,14). The summed E-state index contributed by atoms with van der Waals surface area (Å²) >= 11 is 0. The topological polar surface area (TPSA) is 65.0 Å². The number of ether oxygens (including phenoxy) is 3. The zero-order chi connectivity index (χ0) is 12.8. The first-order chi connectivity index (χ1) is 8.12. The van der Waals surface area contributed by atoms with Gasteiger partial charge in [-0.15, -0.1) is 0 Å². The number of carboxylic acids is 1. The molecule has 0 aliphatic rings. The molecule has 1 aromatic carbocycles. The fourth-order valence-electron chi connectivity index (χ4n) is 1.37. The maximum Gasteiger partial charge on any atom is 0.328 e. The van der Waals surface area contributed by atoms with Crippen molar-refractivity contribution >= 4 is 12.0 Å². The molecule has 0 radical (unpaired) electrons. The van der Waals surface area contributed by atoms with Gasteiger partial charge in [-0.3, -0.25) is 0 Å². The number of carboxylic acid groups (broad SMARTS) is 1. The van der Waals surface area contributed by atoms with Crippen molar-refractivity contribution in [3.8, 4) is 17.2 Å². The molecule has 0 unspecified atom stereocenters. The van der Waals surface area contributed by atoms with E-state index in [2.05, 4.69) is 0 Å². The smallest absolute Gasteiger partial charge is 0.328 e. The lowest BCUT2D eigenvalue weighted by molar-refractivity contribution is -0.131. The first-order valence-corrected chi connectivity index (χ1v) is 4.83. The number of rotatable bonds is 5. The summed E-state index contributed by atoms with van der Waals surface area (Å²) in [6.45, 7) is 0. The summed E-state index contributed by atoms with van der Waals surface area (Å²) in [4.78, 5) is 10.5. The summed E-state index contributed by atoms with van der Waals surface area (Å²) in [6.07, 6.45) is 2.45. The van der Waals surface area contributed by atoms with Crippen molar-refractivity contribution in [2.45, 2.75) is 0 Å². The van der Waals surface area contributed by atoms with Gasteiger partial charge in [-0.2, -0.15) is 0 Å². The number of benzene rings is 1. The molecular formula is C12H14O5. The Kier molecular flexibility index (Phi) is 4.39. The molecule has 0 amide bonds. The Hall–Kier alpha value is -2.17. The average Bonchev–Trinajstić information content (AvgIpc) is 2.34. The monoisotopic (exact) mass is 238 g/mol. The molecule has 1 N–H and O–H groups in total. The van der Waals surface area contributed by atoms with Crippen molar-refractivity contribution in [2.75, 3.05) is 21.3 Å². The molecule has 0 bridgehead atoms. The number of methoxy groups -OCH3 is 3. The van der Waals surface area contributed by atoms with Crippen LogP contribution in [-0.4, -0.2) is 32.4 Å². The van der Waals surface area contributed by atoms with Crippen LogP contribution in [0.4, 0.5) is 0 Å². The minimum Gasteiger partial charge on any atom is -0.497 e. The van der Waals surface area contributed by atoms with Crippen LogP contribution in [0.2, 0.25) is 0 Å². The van der Waals surface area contributed by atoms with E-state index >= 15 is 0 Å². The summed E-state index contributed by atoms with van der Waals surface area (Å²) in [5, 5.41) is 8.60. The van der Waals surface area contributed by atoms with Gasteiger partial charge in [0.25, 0.3) is 0 Å². The maximum absolute atomic E-state index is 10.5. The first kappa shape index (κ1) is 12.9. The van der Waals surface area contributed by atoms with Gasteiger partial charge in [0.05, 0.1) is 21.3 Å². The SMILES string of the molecule is COc1cc(C=CC(=O)O)c(OC)c(OC)c1. The lowest BCUT2D eigenvalue weighted by Crippen LogP contribution is -1.95. The Labute approximate surface area is 99.2 Å². The van der Waals surface area contributed by atoms with E-state index in [4.69, 9.17) is 19.3 Å². The van der Waals surface area contributed by atoms with Gasteiger partial charge in [-0.1, -0.05) is 0 Å². The number of carbonyl (C=O) groups is 1. The van der Waals surface area contributed by atoms with Crippen LogP contribution in [0.15, 0.2) is 18.2 Å². The molecule has 0 aliphatic carbocycles. The molecule has 0 aliphatic heterocycles. The Bertz CT molecular complexity index is 437. The fourth-order valence-corrected chi connectivity index (χ4v) is 1.37. The highest BCUT2D eigenvalue weighted by atomic mass is 16.5. The lowest BCUT2D eigenvalue weighted by Gasteiger charge is -2.12. The van der Waals surface area contributed by atoms with E-state index in [9.17, 15) is 4.79 Å². The Morgan fingerprint density at radius 2 is 1.88 bits per heavy atom. The van der Waals surface area contributed by atoms with Crippen LogP contribution in [0.3, 0.4) is 0 Å². The van der Waals surface area contributed by atoms with Crippen molar-refractivity contribution < 1.29 is 24.1 Å². The summed E-state index contributed by atoms with van der Waals surface area (Å²) in [6, 6.07) is 3.33. The summed E-state index contributed by atoms with van der Waals surface area (Å²) in [7, 11) is 4.51. The number of aliphatic carboxylic acids is 1. The van der Waals surface area contributed by atoms with E-state index in [1.807, 2.05) is 0 Å². The van der Waals surface area contributed by atoms with Gasteiger partial charge in [0.1, 0.15) is 5.75 Å². The van der Waals surface area contributed by atoms with Gasteiger partial charge in [-0.05, 0) is 12.1 Å². The second kappa shape index (κ2) is 5.79. The minimum atomic E-state index is -1.03. The molecule has 17 heavy (non-hydrogen) atoms. The van der Waals surface area contributed by atoms with Crippen LogP contribution in [0, 0.1) is 0 Å². The maximum atomic E-state index is 10.5. The van der Waals surface area contributed by atoms with Crippen molar-refractivity contribution in [2.24, 2.45) is 0 Å². The highest BCUT2D eigenvalue weighted by Crippen LogP contribution is 2.36. The molecule has 92 valence electrons. The van der Waals surface area contributed by atoms with Crippen LogP contribution < -0.4 is 14.2 Å². The minimum absolute atomic E-state index is 0.464. The normalized spacial score (nSPS) is 10.3. The van der Waals surface area contributed by atoms with E-state index in [0.717, 1.165) is 6.08 Å². The van der Waals surface area contributed by atoms with Gasteiger partial charge in [0.15, 0.2) is 11.5 Å². The molecule has 0 saturated heterocycles. The van der Waals surface area contributed by atoms with E-state index in [1.165, 1.54) is 27.4 Å². The lowest BCUT2D eigenvalue weighted by atomic mass is 10.1. The molecule has 5 nitrogen and oxygen atoms in total. The highest BCUT2D eigenvalue weighted by molar-refractivity contribution is 5.86. The van der Waals surface area contributed by atoms with E-state index < -0.39 is 5.97 Å². The quantitative estimate of drug-likeness (QED) is 0.792. The van der Waals surface area contributed by atoms with Crippen molar-refractivity contribution in [3.63, 3.8) is 0 Å². The fraction of sp³-hybridized carbons (Fsp3) is 0.250. The molecule has 0 aromatic heterocycles. The Balaban J connectivity index is 3.28. The molecule has 0 fully saturated rings. The molecule has 5 heteroatoms. The molecule has 0 atom stereocenters. The molecule has 1 aromatic rings. The summed E-state index contributed by atoms with van der Waals surface area (Å²) in [5.74, 6) is 0.476. The van der Waals surface area contributed by atoms with E-state index in [-0.39, 0.29) is 0 Å². The molecule has 0 heterocycles. The largest absolute Gasteiger partial charge is 0.497 e. The third-order valence-electron chi connectivity index (χ3n) is 2.12. The molecule has 0 saturated carbocycles. The third kappa shape index (κ3) is 3.14. The van der Waals surface area contributed by atoms with Crippen LogP contribution in [0.1, 0.15) is 5.56 Å². The van der Waals surface area contributed by atoms with Crippen LogP contribution >= 0.6 is 0 Å². The third-order valence-corrected chi connectivity index (χ3v) is 2.12. The number of hydrogen-bond acceptors (Lipinski definition) is 4. The number of hydrogen-bond donors (Lipinski definition) is 1. The molecule has 0 spiro atoms. The van der Waals surface area contributed by atoms with E-state index in [1.54, 1.807) is 12.1 Å². The second-order valence-electron chi connectivity index (χ2n) is 3.12. The summed E-state index contributed by atoms with van der Waals surface area (Å²) in [5.41, 5.74) is 0.575. The van der Waals surface area contributed by atoms with Crippen LogP contribution in [0.25, 0.3) is 6.08 Å². The molecular weight excluding hydrogens is 224 g/mol. The van der Waals surface area contributed by atoms with Gasteiger partial charge in [0.2, 0.25) is 0 Å². The predicted octanol–water partition coefficient (Wildman–Crippen LogP) is 1.81. The second-order valence-corrected chi connectivity index (χ2v) is 3.12. The predicted molar refractivity (Wildman–Crippen MR) is 62.8 cm³/mol. The van der Waals surface area contributed by atoms with Crippen molar-refractivity contribution in [3.05, 3.63) is 23.8 Å². The zero-order valence-electron chi connectivity index (χ0n) is 9.89. The Morgan fingerprint density at radius 1 is 1.18 bits per heavy atom. The summed E-state index contributed by atoms with van der Waals surface area (Å²) < 4.78 is 15.4. The van der Waals surface area contributed by atoms with E-state index in [0.29, 0.717) is 22.8 Å². The van der Waals surface area contributed by atoms with Crippen LogP contribution in [0.5, 0.6) is 17.2 Å². The zero-order valence-corrected chi connectivity index (χ0v) is 9.89. The van der Waals surface area contributed by atoms with Gasteiger partial charge < -0.3 is 19.3 Å². The van der Waals surface area contributed by atoms with Crippen molar-refractivity contribution in [1.29, 1.82) is 0 Å². The first-order valence-electron chi connectivity index (χ1n) is 4.83. The van der Waals surface area contributed by atoms with Gasteiger partial charge >= 0.3 is 5.97 Å². The highest BCUT2D eigenvalue weighted by Gasteiger charge is 2.11. The van der Waals surface area contributed by atoms with Crippen LogP contribution in [-0.2, 0) is 4.79 Å².